The molecule has 0 bridgehead atoms. The molecule has 4 heterocycles. The summed E-state index contributed by atoms with van der Waals surface area (Å²) < 4.78 is 14.0. The number of nitrogens with zero attached hydrogens (tertiary/aromatic N) is 4. The van der Waals surface area contributed by atoms with Crippen LogP contribution in [0.5, 0.6) is 0 Å². The van der Waals surface area contributed by atoms with Crippen LogP contribution in [-0.4, -0.2) is 24.6 Å². The maximum Gasteiger partial charge on any atom is 0.306 e. The van der Waals surface area contributed by atoms with E-state index >= 15 is 0 Å². The van der Waals surface area contributed by atoms with E-state index in [-0.39, 0.29) is 5.78 Å². The van der Waals surface area contributed by atoms with Crippen molar-refractivity contribution in [1.82, 2.24) is 18.8 Å². The second-order valence-electron chi connectivity index (χ2n) is 7.77. The van der Waals surface area contributed by atoms with E-state index in [1.54, 1.807) is 16.9 Å². The molecule has 0 saturated carbocycles. The van der Waals surface area contributed by atoms with E-state index in [9.17, 15) is 4.79 Å². The van der Waals surface area contributed by atoms with E-state index in [1.807, 2.05) is 60.1 Å². The minimum Gasteiger partial charge on any atom is -0.432 e. The summed E-state index contributed by atoms with van der Waals surface area (Å²) in [5.74, 6) is 1.05. The van der Waals surface area contributed by atoms with Crippen molar-refractivity contribution < 1.29 is 13.6 Å². The molecule has 6 rings (SSSR count). The Bertz CT molecular complexity index is 1550. The fourth-order valence-corrected chi connectivity index (χ4v) is 3.87. The molecule has 0 fully saturated rings. The van der Waals surface area contributed by atoms with E-state index in [4.69, 9.17) is 8.83 Å². The number of carbonyl (C=O) groups excluding carboxylic acids is 1. The Morgan fingerprint density at radius 2 is 1.45 bits per heavy atom. The van der Waals surface area contributed by atoms with E-state index in [2.05, 4.69) is 29.0 Å². The number of fused-ring (bicyclic) bond motifs is 2. The van der Waals surface area contributed by atoms with Gasteiger partial charge in [-0.15, -0.1) is 0 Å². The molecule has 0 atom stereocenters. The molecule has 0 unspecified atom stereocenters. The Kier molecular flexibility index (Phi) is 5.14. The van der Waals surface area contributed by atoms with Gasteiger partial charge in [-0.05, 0) is 25.0 Å². The van der Waals surface area contributed by atoms with Crippen LogP contribution in [0.3, 0.4) is 0 Å². The first-order valence-electron chi connectivity index (χ1n) is 10.5. The molecule has 0 radical (unpaired) electrons. The lowest BCUT2D eigenvalue weighted by molar-refractivity contribution is 0.101. The van der Waals surface area contributed by atoms with Gasteiger partial charge in [0.1, 0.15) is 23.9 Å². The van der Waals surface area contributed by atoms with Crippen LogP contribution in [0.1, 0.15) is 28.5 Å². The van der Waals surface area contributed by atoms with Crippen LogP contribution >= 0.6 is 0 Å². The van der Waals surface area contributed by atoms with Gasteiger partial charge in [-0.1, -0.05) is 48.5 Å². The Morgan fingerprint density at radius 3 is 2.12 bits per heavy atom. The summed E-state index contributed by atoms with van der Waals surface area (Å²) in [5, 5.41) is 0. The summed E-state index contributed by atoms with van der Waals surface area (Å²) >= 11 is 0. The summed E-state index contributed by atoms with van der Waals surface area (Å²) in [6.07, 6.45) is 8.69. The lowest BCUT2D eigenvalue weighted by Crippen LogP contribution is -1.99. The highest BCUT2D eigenvalue weighted by molar-refractivity contribution is 5.99. The first-order valence-corrected chi connectivity index (χ1v) is 10.5. The molecular weight excluding hydrogens is 416 g/mol. The number of benzene rings is 2. The van der Waals surface area contributed by atoms with Gasteiger partial charge < -0.3 is 8.83 Å². The Morgan fingerprint density at radius 1 is 0.818 bits per heavy atom. The fourth-order valence-electron chi connectivity index (χ4n) is 3.87. The number of hydrogen-bond donors (Lipinski definition) is 0. The zero-order valence-electron chi connectivity index (χ0n) is 18.5. The molecule has 0 aliphatic heterocycles. The first kappa shape index (κ1) is 20.5. The van der Waals surface area contributed by atoms with Gasteiger partial charge in [-0.3, -0.25) is 13.6 Å². The number of oxazole rings is 2. The third-order valence-corrected chi connectivity index (χ3v) is 5.51. The Labute approximate surface area is 189 Å². The van der Waals surface area contributed by atoms with Crippen molar-refractivity contribution >= 4 is 17.5 Å². The first-order chi connectivity index (χ1) is 16.0. The molecule has 6 aromatic rings. The van der Waals surface area contributed by atoms with E-state index < -0.39 is 0 Å². The number of ketones is 1. The molecular formula is C26H22N4O3. The van der Waals surface area contributed by atoms with Crippen molar-refractivity contribution in [3.05, 3.63) is 96.5 Å². The average Bonchev–Trinajstić information content (AvgIpc) is 3.55. The highest BCUT2D eigenvalue weighted by Gasteiger charge is 2.20. The SMILES string of the molecule is CC(=O)c1c(-c2ccccc2C)nc2occn12.Cc1ccccc1-c1cn2ccoc2n1. The zero-order valence-corrected chi connectivity index (χ0v) is 18.5. The molecule has 0 spiro atoms. The molecule has 7 heteroatoms. The quantitative estimate of drug-likeness (QED) is 0.316. The molecule has 33 heavy (non-hydrogen) atoms. The number of aromatic nitrogens is 4. The topological polar surface area (TPSA) is 78.0 Å². The standard InChI is InChI=1S/C14H12N2O2.C12H10N2O/c1-9-5-3-4-6-11(9)12-13(10(2)17)16-7-8-18-14(16)15-12;1-9-4-2-3-5-10(9)11-8-14-6-7-15-12(14)13-11/h3-8H,1-2H3;2-8H,1H3. The van der Waals surface area contributed by atoms with Gasteiger partial charge >= 0.3 is 11.7 Å². The van der Waals surface area contributed by atoms with Crippen LogP contribution in [0.2, 0.25) is 0 Å². The third kappa shape index (κ3) is 3.74. The van der Waals surface area contributed by atoms with Crippen molar-refractivity contribution in [1.29, 1.82) is 0 Å². The van der Waals surface area contributed by atoms with Crippen LogP contribution in [-0.2, 0) is 0 Å². The minimum atomic E-state index is -0.0258. The third-order valence-electron chi connectivity index (χ3n) is 5.51. The van der Waals surface area contributed by atoms with Crippen LogP contribution in [0.15, 0.2) is 88.5 Å². The van der Waals surface area contributed by atoms with Gasteiger partial charge in [0.05, 0.1) is 5.69 Å². The lowest BCUT2D eigenvalue weighted by atomic mass is 10.0. The minimum absolute atomic E-state index is 0.0258. The molecule has 2 aromatic carbocycles. The van der Waals surface area contributed by atoms with Gasteiger partial charge in [0.2, 0.25) is 0 Å². The van der Waals surface area contributed by atoms with E-state index in [0.29, 0.717) is 23.1 Å². The summed E-state index contributed by atoms with van der Waals surface area (Å²) in [6, 6.07) is 16.1. The molecule has 0 aliphatic rings. The number of carbonyl (C=O) groups is 1. The van der Waals surface area contributed by atoms with Gasteiger partial charge in [0.15, 0.2) is 5.78 Å². The smallest absolute Gasteiger partial charge is 0.306 e. The normalized spacial score (nSPS) is 11.0. The van der Waals surface area contributed by atoms with Crippen LogP contribution in [0.25, 0.3) is 34.2 Å². The van der Waals surface area contributed by atoms with Crippen molar-refractivity contribution in [3.63, 3.8) is 0 Å². The highest BCUT2D eigenvalue weighted by Crippen LogP contribution is 2.28. The molecule has 7 nitrogen and oxygen atoms in total. The van der Waals surface area contributed by atoms with Crippen molar-refractivity contribution in [2.24, 2.45) is 0 Å². The second kappa shape index (κ2) is 8.27. The van der Waals surface area contributed by atoms with Gasteiger partial charge in [0.25, 0.3) is 0 Å². The average molecular weight is 438 g/mol. The number of aryl methyl sites for hydroxylation is 2. The maximum atomic E-state index is 11.8. The molecule has 0 amide bonds. The van der Waals surface area contributed by atoms with Gasteiger partial charge in [-0.25, -0.2) is 0 Å². The summed E-state index contributed by atoms with van der Waals surface area (Å²) in [5.41, 5.74) is 6.61. The highest BCUT2D eigenvalue weighted by atomic mass is 16.3. The predicted octanol–water partition coefficient (Wildman–Crippen LogP) is 6.01. The van der Waals surface area contributed by atoms with Crippen LogP contribution < -0.4 is 0 Å². The molecule has 0 aliphatic carbocycles. The monoisotopic (exact) mass is 438 g/mol. The predicted molar refractivity (Wildman–Crippen MR) is 125 cm³/mol. The Balaban J connectivity index is 0.000000140. The van der Waals surface area contributed by atoms with Crippen molar-refractivity contribution in [2.75, 3.05) is 0 Å². The number of hydrogen-bond acceptors (Lipinski definition) is 5. The largest absolute Gasteiger partial charge is 0.432 e. The van der Waals surface area contributed by atoms with Crippen molar-refractivity contribution in [3.8, 4) is 22.5 Å². The number of Topliss-reactive ketones (excluding diaryl/α,β-unsaturated/α-hetero) is 1. The van der Waals surface area contributed by atoms with E-state index in [0.717, 1.165) is 22.4 Å². The number of imidazole rings is 2. The van der Waals surface area contributed by atoms with Crippen molar-refractivity contribution in [2.45, 2.75) is 20.8 Å². The summed E-state index contributed by atoms with van der Waals surface area (Å²) in [6.45, 7) is 5.62. The van der Waals surface area contributed by atoms with Crippen LogP contribution in [0, 0.1) is 13.8 Å². The Hall–Kier alpha value is -4.39. The molecule has 164 valence electrons. The number of rotatable bonds is 3. The maximum absolute atomic E-state index is 11.8. The van der Waals surface area contributed by atoms with Gasteiger partial charge in [-0.2, -0.15) is 9.97 Å². The van der Waals surface area contributed by atoms with E-state index in [1.165, 1.54) is 18.8 Å². The fraction of sp³-hybridized carbons (Fsp3) is 0.115. The zero-order chi connectivity index (χ0) is 22.9. The van der Waals surface area contributed by atoms with Gasteiger partial charge in [0, 0.05) is 36.6 Å². The summed E-state index contributed by atoms with van der Waals surface area (Å²) in [4.78, 5) is 20.6. The molecule has 4 aromatic heterocycles. The molecule has 0 N–H and O–H groups in total. The second-order valence-corrected chi connectivity index (χ2v) is 7.77. The summed E-state index contributed by atoms with van der Waals surface area (Å²) in [7, 11) is 0. The molecule has 0 saturated heterocycles. The van der Waals surface area contributed by atoms with Crippen LogP contribution in [0.4, 0.5) is 0 Å². The lowest BCUT2D eigenvalue weighted by Gasteiger charge is -2.03.